The molecule has 1 saturated heterocycles. The van der Waals surface area contributed by atoms with Gasteiger partial charge in [0.05, 0.1) is 13.2 Å². The van der Waals surface area contributed by atoms with Gasteiger partial charge in [-0.3, -0.25) is 9.58 Å². The van der Waals surface area contributed by atoms with Gasteiger partial charge in [-0.25, -0.2) is 13.1 Å². The molecule has 0 saturated carbocycles. The van der Waals surface area contributed by atoms with Crippen LogP contribution >= 0.6 is 0 Å². The van der Waals surface area contributed by atoms with E-state index in [1.165, 1.54) is 6.20 Å². The minimum Gasteiger partial charge on any atom is -0.381 e. The molecule has 1 fully saturated rings. The van der Waals surface area contributed by atoms with E-state index in [4.69, 9.17) is 10.5 Å². The summed E-state index contributed by atoms with van der Waals surface area (Å²) in [6.07, 6.45) is 2.35. The predicted octanol–water partition coefficient (Wildman–Crippen LogP) is -0.514. The molecular weight excluding hydrogens is 294 g/mol. The number of hydrogen-bond acceptors (Lipinski definition) is 6. The van der Waals surface area contributed by atoms with Crippen LogP contribution in [0.15, 0.2) is 11.1 Å². The van der Waals surface area contributed by atoms with Gasteiger partial charge in [0.15, 0.2) is 5.82 Å². The van der Waals surface area contributed by atoms with E-state index >= 15 is 0 Å². The lowest BCUT2D eigenvalue weighted by Gasteiger charge is -2.26. The van der Waals surface area contributed by atoms with E-state index in [0.29, 0.717) is 32.8 Å². The normalized spacial score (nSPS) is 17.2. The smallest absolute Gasteiger partial charge is 0.245 e. The Balaban J connectivity index is 1.91. The highest BCUT2D eigenvalue weighted by Gasteiger charge is 2.21. The SMILES string of the molecule is CCCn1cc(S(=O)(=O)NCCN2CCOCC2)c(N)n1. The van der Waals surface area contributed by atoms with Gasteiger partial charge in [0.25, 0.3) is 0 Å². The zero-order chi connectivity index (χ0) is 15.3. The van der Waals surface area contributed by atoms with Crippen molar-refractivity contribution in [2.24, 2.45) is 0 Å². The number of aromatic nitrogens is 2. The van der Waals surface area contributed by atoms with Crippen molar-refractivity contribution in [3.05, 3.63) is 6.20 Å². The minimum absolute atomic E-state index is 0.0438. The molecule has 8 nitrogen and oxygen atoms in total. The van der Waals surface area contributed by atoms with Crippen molar-refractivity contribution in [1.82, 2.24) is 19.4 Å². The maximum Gasteiger partial charge on any atom is 0.245 e. The number of sulfonamides is 1. The number of ether oxygens (including phenoxy) is 1. The second-order valence-corrected chi connectivity index (χ2v) is 6.73. The average Bonchev–Trinajstić information content (AvgIpc) is 2.82. The van der Waals surface area contributed by atoms with Gasteiger partial charge in [0, 0.05) is 38.9 Å². The molecule has 1 aliphatic rings. The van der Waals surface area contributed by atoms with Gasteiger partial charge < -0.3 is 10.5 Å². The zero-order valence-electron chi connectivity index (χ0n) is 12.3. The number of aryl methyl sites for hydroxylation is 1. The number of morpholine rings is 1. The van der Waals surface area contributed by atoms with Gasteiger partial charge in [0.2, 0.25) is 10.0 Å². The molecule has 0 bridgehead atoms. The third kappa shape index (κ3) is 4.40. The first-order valence-corrected chi connectivity index (χ1v) is 8.64. The van der Waals surface area contributed by atoms with Crippen molar-refractivity contribution in [3.8, 4) is 0 Å². The highest BCUT2D eigenvalue weighted by Crippen LogP contribution is 2.16. The van der Waals surface area contributed by atoms with Crippen LogP contribution in [0.5, 0.6) is 0 Å². The Bertz CT molecular complexity index is 551. The van der Waals surface area contributed by atoms with E-state index in [-0.39, 0.29) is 10.7 Å². The van der Waals surface area contributed by atoms with Crippen molar-refractivity contribution >= 4 is 15.8 Å². The number of rotatable bonds is 7. The fourth-order valence-corrected chi connectivity index (χ4v) is 3.30. The first kappa shape index (κ1) is 16.2. The van der Waals surface area contributed by atoms with Crippen LogP contribution in [0.4, 0.5) is 5.82 Å². The fourth-order valence-electron chi connectivity index (χ4n) is 2.21. The van der Waals surface area contributed by atoms with E-state index in [2.05, 4.69) is 14.7 Å². The van der Waals surface area contributed by atoms with Gasteiger partial charge in [-0.1, -0.05) is 6.92 Å². The standard InChI is InChI=1S/C12H23N5O3S/c1-2-4-17-10-11(12(13)15-17)21(18,19)14-3-5-16-6-8-20-9-7-16/h10,14H,2-9H2,1H3,(H2,13,15). The molecule has 2 heterocycles. The Morgan fingerprint density at radius 3 is 2.76 bits per heavy atom. The molecule has 0 aromatic carbocycles. The summed E-state index contributed by atoms with van der Waals surface area (Å²) in [6, 6.07) is 0. The van der Waals surface area contributed by atoms with E-state index < -0.39 is 10.0 Å². The fraction of sp³-hybridized carbons (Fsp3) is 0.750. The summed E-state index contributed by atoms with van der Waals surface area (Å²) in [7, 11) is -3.61. The summed E-state index contributed by atoms with van der Waals surface area (Å²) >= 11 is 0. The second-order valence-electron chi connectivity index (χ2n) is 4.99. The lowest BCUT2D eigenvalue weighted by molar-refractivity contribution is 0.0390. The van der Waals surface area contributed by atoms with E-state index in [0.717, 1.165) is 19.5 Å². The van der Waals surface area contributed by atoms with Crippen LogP contribution in [-0.4, -0.2) is 62.5 Å². The van der Waals surface area contributed by atoms with Crippen molar-refractivity contribution in [2.45, 2.75) is 24.8 Å². The summed E-state index contributed by atoms with van der Waals surface area (Å²) in [6.45, 7) is 6.70. The number of nitrogens with zero attached hydrogens (tertiary/aromatic N) is 3. The maximum atomic E-state index is 12.2. The molecule has 21 heavy (non-hydrogen) atoms. The van der Waals surface area contributed by atoms with Crippen molar-refractivity contribution in [3.63, 3.8) is 0 Å². The lowest BCUT2D eigenvalue weighted by atomic mass is 10.4. The van der Waals surface area contributed by atoms with E-state index in [9.17, 15) is 8.42 Å². The summed E-state index contributed by atoms with van der Waals surface area (Å²) in [5.74, 6) is 0.0438. The Hall–Kier alpha value is -1.16. The van der Waals surface area contributed by atoms with Crippen LogP contribution in [-0.2, 0) is 21.3 Å². The summed E-state index contributed by atoms with van der Waals surface area (Å²) in [5, 5.41) is 4.01. The van der Waals surface area contributed by atoms with Crippen LogP contribution in [0.2, 0.25) is 0 Å². The second kappa shape index (κ2) is 7.21. The quantitative estimate of drug-likeness (QED) is 0.702. The zero-order valence-corrected chi connectivity index (χ0v) is 13.1. The van der Waals surface area contributed by atoms with Crippen LogP contribution in [0, 0.1) is 0 Å². The van der Waals surface area contributed by atoms with Gasteiger partial charge in [-0.05, 0) is 6.42 Å². The summed E-state index contributed by atoms with van der Waals surface area (Å²) in [5.41, 5.74) is 5.69. The summed E-state index contributed by atoms with van der Waals surface area (Å²) < 4.78 is 33.8. The van der Waals surface area contributed by atoms with Crippen molar-refractivity contribution in [2.75, 3.05) is 45.1 Å². The highest BCUT2D eigenvalue weighted by atomic mass is 32.2. The number of nitrogens with two attached hydrogens (primary N) is 1. The molecule has 1 aliphatic heterocycles. The van der Waals surface area contributed by atoms with Crippen LogP contribution < -0.4 is 10.5 Å². The van der Waals surface area contributed by atoms with Gasteiger partial charge in [-0.2, -0.15) is 5.10 Å². The molecule has 1 aromatic heterocycles. The number of hydrogen-bond donors (Lipinski definition) is 2. The molecule has 120 valence electrons. The first-order chi connectivity index (χ1) is 10.0. The lowest BCUT2D eigenvalue weighted by Crippen LogP contribution is -2.41. The predicted molar refractivity (Wildman–Crippen MR) is 79.4 cm³/mol. The molecule has 3 N–H and O–H groups in total. The average molecular weight is 317 g/mol. The van der Waals surface area contributed by atoms with E-state index in [1.54, 1.807) is 4.68 Å². The summed E-state index contributed by atoms with van der Waals surface area (Å²) in [4.78, 5) is 2.22. The third-order valence-corrected chi connectivity index (χ3v) is 4.80. The molecule has 0 amide bonds. The molecule has 0 spiro atoms. The Labute approximate surface area is 125 Å². The molecule has 0 atom stereocenters. The number of anilines is 1. The highest BCUT2D eigenvalue weighted by molar-refractivity contribution is 7.89. The van der Waals surface area contributed by atoms with Crippen LogP contribution in [0.1, 0.15) is 13.3 Å². The first-order valence-electron chi connectivity index (χ1n) is 7.15. The third-order valence-electron chi connectivity index (χ3n) is 3.32. The maximum absolute atomic E-state index is 12.2. The number of nitrogen functional groups attached to an aromatic ring is 1. The Morgan fingerprint density at radius 2 is 2.10 bits per heavy atom. The Morgan fingerprint density at radius 1 is 1.38 bits per heavy atom. The molecule has 0 unspecified atom stereocenters. The molecule has 2 rings (SSSR count). The van der Waals surface area contributed by atoms with Crippen molar-refractivity contribution in [1.29, 1.82) is 0 Å². The molecule has 1 aromatic rings. The van der Waals surface area contributed by atoms with E-state index in [1.807, 2.05) is 6.92 Å². The molecule has 9 heteroatoms. The minimum atomic E-state index is -3.61. The van der Waals surface area contributed by atoms with Gasteiger partial charge in [-0.15, -0.1) is 0 Å². The largest absolute Gasteiger partial charge is 0.381 e. The van der Waals surface area contributed by atoms with Crippen molar-refractivity contribution < 1.29 is 13.2 Å². The Kier molecular flexibility index (Phi) is 5.57. The number of nitrogens with one attached hydrogen (secondary N) is 1. The van der Waals surface area contributed by atoms with Crippen LogP contribution in [0.3, 0.4) is 0 Å². The molecular formula is C12H23N5O3S. The monoisotopic (exact) mass is 317 g/mol. The molecule has 0 aliphatic carbocycles. The topological polar surface area (TPSA) is 102 Å². The van der Waals surface area contributed by atoms with Gasteiger partial charge in [0.1, 0.15) is 4.90 Å². The molecule has 0 radical (unpaired) electrons. The van der Waals surface area contributed by atoms with Gasteiger partial charge >= 0.3 is 0 Å². The van der Waals surface area contributed by atoms with Crippen LogP contribution in [0.25, 0.3) is 0 Å².